The lowest BCUT2D eigenvalue weighted by molar-refractivity contribution is -0.166. The molecule has 3 fully saturated rings. The van der Waals surface area contributed by atoms with Crippen LogP contribution in [0.3, 0.4) is 0 Å². The van der Waals surface area contributed by atoms with Gasteiger partial charge in [0.15, 0.2) is 14.1 Å². The summed E-state index contributed by atoms with van der Waals surface area (Å²) in [6.45, 7) is 12.8. The fourth-order valence-corrected chi connectivity index (χ4v) is 5.82. The molecule has 2 aliphatic carbocycles. The first-order valence-electron chi connectivity index (χ1n) is 11.8. The molecule has 4 nitrogen and oxygen atoms in total. The molecule has 1 spiro atoms. The van der Waals surface area contributed by atoms with Crippen LogP contribution in [-0.4, -0.2) is 44.6 Å². The van der Waals surface area contributed by atoms with Gasteiger partial charge in [-0.05, 0) is 49.7 Å². The van der Waals surface area contributed by atoms with Crippen LogP contribution >= 0.6 is 0 Å². The molecule has 0 bridgehead atoms. The number of rotatable bonds is 3. The standard InChI is InChI=1S/C24H42O4Si/c1-23(2,3)29(4,5)28-22(20-9-7-6-8-10-20)12-11-19-13-15-24(16-14-21(19)25)26-17-18-27-24/h19-22,25H,6-10,13-18H2,1-5H3/t19-,21-,22?/m1/s1. The van der Waals surface area contributed by atoms with Gasteiger partial charge >= 0.3 is 0 Å². The summed E-state index contributed by atoms with van der Waals surface area (Å²) in [5, 5.41) is 10.9. The second-order valence-electron chi connectivity index (χ2n) is 10.8. The molecule has 3 rings (SSSR count). The maximum absolute atomic E-state index is 10.7. The molecule has 0 aromatic rings. The van der Waals surface area contributed by atoms with Gasteiger partial charge < -0.3 is 19.0 Å². The summed E-state index contributed by atoms with van der Waals surface area (Å²) in [5.74, 6) is 7.06. The number of aliphatic hydroxyl groups excluding tert-OH is 1. The van der Waals surface area contributed by atoms with Gasteiger partial charge in [-0.25, -0.2) is 0 Å². The molecule has 0 radical (unpaired) electrons. The highest BCUT2D eigenvalue weighted by Crippen LogP contribution is 2.40. The summed E-state index contributed by atoms with van der Waals surface area (Å²) in [6, 6.07) is 0. The van der Waals surface area contributed by atoms with Gasteiger partial charge in [-0.1, -0.05) is 51.9 Å². The summed E-state index contributed by atoms with van der Waals surface area (Å²) in [6.07, 6.45) is 9.02. The normalized spacial score (nSPS) is 29.9. The van der Waals surface area contributed by atoms with Gasteiger partial charge in [0.2, 0.25) is 0 Å². The zero-order valence-corrected chi connectivity index (χ0v) is 20.3. The second-order valence-corrected chi connectivity index (χ2v) is 15.6. The molecule has 29 heavy (non-hydrogen) atoms. The molecule has 5 heteroatoms. The van der Waals surface area contributed by atoms with Crippen molar-refractivity contribution in [3.8, 4) is 11.8 Å². The number of ether oxygens (including phenoxy) is 2. The first kappa shape index (κ1) is 23.3. The Morgan fingerprint density at radius 2 is 1.62 bits per heavy atom. The van der Waals surface area contributed by atoms with Crippen LogP contribution in [0, 0.1) is 23.7 Å². The van der Waals surface area contributed by atoms with Crippen molar-refractivity contribution in [3.63, 3.8) is 0 Å². The first-order valence-corrected chi connectivity index (χ1v) is 14.7. The predicted molar refractivity (Wildman–Crippen MR) is 119 cm³/mol. The third-order valence-corrected chi connectivity index (χ3v) is 12.1. The van der Waals surface area contributed by atoms with Crippen molar-refractivity contribution in [2.75, 3.05) is 13.2 Å². The summed E-state index contributed by atoms with van der Waals surface area (Å²) in [4.78, 5) is 0. The van der Waals surface area contributed by atoms with E-state index in [1.807, 2.05) is 0 Å². The van der Waals surface area contributed by atoms with E-state index in [4.69, 9.17) is 13.9 Å². The molecular weight excluding hydrogens is 380 g/mol. The fraction of sp³-hybridized carbons (Fsp3) is 0.917. The first-order chi connectivity index (χ1) is 13.6. The van der Waals surface area contributed by atoms with Gasteiger partial charge in [0, 0.05) is 18.8 Å². The van der Waals surface area contributed by atoms with Gasteiger partial charge in [0.05, 0.1) is 19.3 Å². The maximum atomic E-state index is 10.7. The van der Waals surface area contributed by atoms with E-state index >= 15 is 0 Å². The highest BCUT2D eigenvalue weighted by atomic mass is 28.4. The average molecular weight is 423 g/mol. The van der Waals surface area contributed by atoms with E-state index in [0.717, 1.165) is 19.3 Å². The smallest absolute Gasteiger partial charge is 0.193 e. The molecule has 1 heterocycles. The van der Waals surface area contributed by atoms with E-state index in [2.05, 4.69) is 45.7 Å². The van der Waals surface area contributed by atoms with Crippen molar-refractivity contribution >= 4 is 8.32 Å². The predicted octanol–water partition coefficient (Wildman–Crippen LogP) is 5.25. The van der Waals surface area contributed by atoms with Crippen molar-refractivity contribution < 1.29 is 19.0 Å². The highest BCUT2D eigenvalue weighted by Gasteiger charge is 2.42. The summed E-state index contributed by atoms with van der Waals surface area (Å²) >= 11 is 0. The van der Waals surface area contributed by atoms with Crippen LogP contribution in [0.15, 0.2) is 0 Å². The molecule has 3 aliphatic rings. The average Bonchev–Trinajstić information content (AvgIpc) is 3.07. The quantitative estimate of drug-likeness (QED) is 0.498. The highest BCUT2D eigenvalue weighted by molar-refractivity contribution is 6.74. The largest absolute Gasteiger partial charge is 0.403 e. The third kappa shape index (κ3) is 5.86. The third-order valence-electron chi connectivity index (χ3n) is 7.65. The van der Waals surface area contributed by atoms with Crippen LogP contribution in [-0.2, 0) is 13.9 Å². The Kier molecular flexibility index (Phi) is 7.55. The Hall–Kier alpha value is -0.383. The molecule has 0 amide bonds. The van der Waals surface area contributed by atoms with Crippen LogP contribution in [0.25, 0.3) is 0 Å². The van der Waals surface area contributed by atoms with Gasteiger partial charge in [-0.2, -0.15) is 0 Å². The van der Waals surface area contributed by atoms with E-state index in [1.165, 1.54) is 32.1 Å². The van der Waals surface area contributed by atoms with E-state index in [-0.39, 0.29) is 17.1 Å². The Morgan fingerprint density at radius 3 is 2.24 bits per heavy atom. The van der Waals surface area contributed by atoms with Crippen molar-refractivity contribution in [2.45, 2.75) is 115 Å². The molecule has 1 aliphatic heterocycles. The summed E-state index contributed by atoms with van der Waals surface area (Å²) < 4.78 is 18.6. The Bertz CT molecular complexity index is 588. The van der Waals surface area contributed by atoms with Gasteiger partial charge in [-0.15, -0.1) is 0 Å². The molecule has 3 atom stereocenters. The van der Waals surface area contributed by atoms with Crippen LogP contribution in [0.5, 0.6) is 0 Å². The molecule has 0 aromatic carbocycles. The molecule has 0 aromatic heterocycles. The fourth-order valence-electron chi connectivity index (χ4n) is 4.58. The zero-order chi connectivity index (χ0) is 21.1. The lowest BCUT2D eigenvalue weighted by Gasteiger charge is -2.40. The number of hydrogen-bond acceptors (Lipinski definition) is 4. The zero-order valence-electron chi connectivity index (χ0n) is 19.3. The SMILES string of the molecule is CC(C)(C)[Si](C)(C)OC(C#C[C@@H]1CCC2(CC[C@H]1O)OCCO2)C1CCCCC1. The lowest BCUT2D eigenvalue weighted by Crippen LogP contribution is -2.45. The van der Waals surface area contributed by atoms with E-state index in [1.54, 1.807) is 0 Å². The van der Waals surface area contributed by atoms with E-state index in [0.29, 0.717) is 25.6 Å². The Labute approximate surface area is 179 Å². The minimum Gasteiger partial charge on any atom is -0.403 e. The van der Waals surface area contributed by atoms with Crippen LogP contribution in [0.1, 0.15) is 78.6 Å². The van der Waals surface area contributed by atoms with Gasteiger partial charge in [0.1, 0.15) is 6.10 Å². The van der Waals surface area contributed by atoms with Gasteiger partial charge in [-0.3, -0.25) is 0 Å². The lowest BCUT2D eigenvalue weighted by atomic mass is 9.85. The van der Waals surface area contributed by atoms with Crippen LogP contribution < -0.4 is 0 Å². The Balaban J connectivity index is 1.74. The number of aliphatic hydroxyl groups is 1. The van der Waals surface area contributed by atoms with E-state index in [9.17, 15) is 5.11 Å². The molecule has 166 valence electrons. The summed E-state index contributed by atoms with van der Waals surface area (Å²) in [7, 11) is -1.90. The minimum atomic E-state index is -1.90. The van der Waals surface area contributed by atoms with Gasteiger partial charge in [0.25, 0.3) is 0 Å². The molecule has 1 unspecified atom stereocenters. The van der Waals surface area contributed by atoms with Crippen molar-refractivity contribution in [1.82, 2.24) is 0 Å². The molecule has 1 saturated heterocycles. The van der Waals surface area contributed by atoms with Crippen LogP contribution in [0.2, 0.25) is 18.1 Å². The minimum absolute atomic E-state index is 0.000384. The molecular formula is C24H42O4Si. The second kappa shape index (κ2) is 9.40. The van der Waals surface area contributed by atoms with Crippen molar-refractivity contribution in [2.24, 2.45) is 11.8 Å². The van der Waals surface area contributed by atoms with Crippen LogP contribution in [0.4, 0.5) is 0 Å². The van der Waals surface area contributed by atoms with E-state index < -0.39 is 20.2 Å². The van der Waals surface area contributed by atoms with Crippen molar-refractivity contribution in [3.05, 3.63) is 0 Å². The molecule has 2 saturated carbocycles. The Morgan fingerprint density at radius 1 is 1.00 bits per heavy atom. The van der Waals surface area contributed by atoms with Crippen molar-refractivity contribution in [1.29, 1.82) is 0 Å². The monoisotopic (exact) mass is 422 g/mol. The topological polar surface area (TPSA) is 47.9 Å². The maximum Gasteiger partial charge on any atom is 0.193 e. The molecule has 1 N–H and O–H groups in total. The summed E-state index contributed by atoms with van der Waals surface area (Å²) in [5.41, 5.74) is 0. The number of hydrogen-bond donors (Lipinski definition) is 1.